The zero-order chi connectivity index (χ0) is 26.6. The molecule has 2 aromatic rings. The fourth-order valence-corrected chi connectivity index (χ4v) is 4.86. The average molecular weight is 511 g/mol. The molecule has 1 heterocycles. The quantitative estimate of drug-likeness (QED) is 0.433. The third-order valence-electron chi connectivity index (χ3n) is 6.78. The number of ether oxygens (including phenoxy) is 4. The van der Waals surface area contributed by atoms with Gasteiger partial charge in [-0.1, -0.05) is 30.3 Å². The number of aliphatic hydroxyl groups excluding tert-OH is 1. The van der Waals surface area contributed by atoms with E-state index in [0.717, 1.165) is 11.1 Å². The number of hydrogen-bond donors (Lipinski definition) is 1. The number of carbonyl (C=O) groups excluding carboxylic acids is 2. The number of cyclic esters (lactones) is 1. The Morgan fingerprint density at radius 2 is 1.86 bits per heavy atom. The van der Waals surface area contributed by atoms with E-state index in [4.69, 9.17) is 18.9 Å². The molecule has 0 radical (unpaired) electrons. The summed E-state index contributed by atoms with van der Waals surface area (Å²) in [5.74, 6) is -2.58. The topological polar surface area (TPSA) is 91.3 Å². The summed E-state index contributed by atoms with van der Waals surface area (Å²) in [7, 11) is 2.99. The Morgan fingerprint density at radius 3 is 2.51 bits per heavy atom. The molecule has 0 amide bonds. The molecule has 1 N–H and O–H groups in total. The lowest BCUT2D eigenvalue weighted by Crippen LogP contribution is -2.44. The molecule has 1 aliphatic carbocycles. The summed E-state index contributed by atoms with van der Waals surface area (Å²) in [6.07, 6.45) is 2.19. The van der Waals surface area contributed by atoms with Crippen LogP contribution in [-0.2, 0) is 23.7 Å². The van der Waals surface area contributed by atoms with E-state index in [1.54, 1.807) is 55.5 Å². The largest absolute Gasteiger partial charge is 0.458 e. The molecule has 8 heteroatoms. The summed E-state index contributed by atoms with van der Waals surface area (Å²) in [6.45, 7) is 1.67. The first-order valence-corrected chi connectivity index (χ1v) is 12.2. The van der Waals surface area contributed by atoms with Crippen molar-refractivity contribution in [1.29, 1.82) is 0 Å². The van der Waals surface area contributed by atoms with Gasteiger partial charge < -0.3 is 24.1 Å². The van der Waals surface area contributed by atoms with Crippen LogP contribution in [0.15, 0.2) is 66.3 Å². The van der Waals surface area contributed by atoms with E-state index in [9.17, 15) is 19.1 Å². The van der Waals surface area contributed by atoms with Crippen molar-refractivity contribution in [2.75, 3.05) is 14.2 Å². The van der Waals surface area contributed by atoms with E-state index in [1.807, 2.05) is 6.07 Å². The zero-order valence-electron chi connectivity index (χ0n) is 21.1. The molecular formula is C29H31FO7. The van der Waals surface area contributed by atoms with Crippen LogP contribution in [0.5, 0.6) is 0 Å². The molecule has 0 spiro atoms. The van der Waals surface area contributed by atoms with Crippen LogP contribution in [-0.4, -0.2) is 55.4 Å². The number of carbonyl (C=O) groups is 2. The first-order chi connectivity index (χ1) is 17.7. The third-order valence-corrected chi connectivity index (χ3v) is 6.78. The number of aliphatic hydroxyl groups is 1. The average Bonchev–Trinajstić information content (AvgIpc) is 2.89. The van der Waals surface area contributed by atoms with Crippen molar-refractivity contribution >= 4 is 17.5 Å². The second-order valence-corrected chi connectivity index (χ2v) is 9.30. The summed E-state index contributed by atoms with van der Waals surface area (Å²) in [5, 5.41) is 10.0. The van der Waals surface area contributed by atoms with E-state index in [1.165, 1.54) is 20.3 Å². The second kappa shape index (κ2) is 11.4. The Balaban J connectivity index is 1.75. The Hall–Kier alpha value is -3.33. The molecule has 2 aliphatic rings. The third kappa shape index (κ3) is 5.98. The fraction of sp³-hybridized carbons (Fsp3) is 0.379. The normalized spacial score (nSPS) is 23.7. The summed E-state index contributed by atoms with van der Waals surface area (Å²) < 4.78 is 37.2. The van der Waals surface area contributed by atoms with E-state index >= 15 is 0 Å². The van der Waals surface area contributed by atoms with Crippen LogP contribution in [0.2, 0.25) is 0 Å². The zero-order valence-corrected chi connectivity index (χ0v) is 21.1. The number of halogens is 1. The standard InChI is InChI=1S/C29H31FO7/c1-18-13-20(9-12-26(18)30)24-16-23(37-28(33)19-7-5-4-6-8-19)17-29(34-2,35-3)25(24)11-10-22-14-21(31)15-27(32)36-22/h4-13,21-23,31H,14-17H2,1-3H3. The van der Waals surface area contributed by atoms with Crippen molar-refractivity contribution in [2.45, 2.75) is 56.7 Å². The van der Waals surface area contributed by atoms with E-state index in [2.05, 4.69) is 0 Å². The molecule has 0 aromatic heterocycles. The first-order valence-electron chi connectivity index (χ1n) is 12.2. The highest BCUT2D eigenvalue weighted by molar-refractivity contribution is 5.89. The lowest BCUT2D eigenvalue weighted by molar-refractivity contribution is -0.195. The SMILES string of the molecule is COC1(OC)CC(OC(=O)c2ccccc2)CC(c2ccc(F)c(C)c2)=C1C=CC1CC(O)CC(=O)O1. The molecule has 0 saturated carbocycles. The molecule has 1 saturated heterocycles. The Kier molecular flexibility index (Phi) is 8.22. The maximum absolute atomic E-state index is 14.1. The Bertz CT molecular complexity index is 1200. The van der Waals surface area contributed by atoms with E-state index in [0.29, 0.717) is 23.1 Å². The number of benzene rings is 2. The second-order valence-electron chi connectivity index (χ2n) is 9.30. The van der Waals surface area contributed by atoms with Gasteiger partial charge in [-0.25, -0.2) is 9.18 Å². The van der Waals surface area contributed by atoms with E-state index < -0.39 is 36.0 Å². The van der Waals surface area contributed by atoms with Gasteiger partial charge in [0.15, 0.2) is 5.79 Å². The molecule has 37 heavy (non-hydrogen) atoms. The predicted octanol–water partition coefficient (Wildman–Crippen LogP) is 4.52. The summed E-state index contributed by atoms with van der Waals surface area (Å²) >= 11 is 0. The molecule has 0 bridgehead atoms. The van der Waals surface area contributed by atoms with Gasteiger partial charge in [0.25, 0.3) is 0 Å². The molecule has 196 valence electrons. The lowest BCUT2D eigenvalue weighted by atomic mass is 9.80. The summed E-state index contributed by atoms with van der Waals surface area (Å²) in [4.78, 5) is 24.7. The van der Waals surface area contributed by atoms with Crippen molar-refractivity contribution in [2.24, 2.45) is 0 Å². The van der Waals surface area contributed by atoms with Crippen LogP contribution >= 0.6 is 0 Å². The van der Waals surface area contributed by atoms with Crippen molar-refractivity contribution in [3.05, 3.63) is 88.8 Å². The Labute approximate surface area is 215 Å². The molecule has 3 atom stereocenters. The molecule has 7 nitrogen and oxygen atoms in total. The Morgan fingerprint density at radius 1 is 1.14 bits per heavy atom. The molecule has 3 unspecified atom stereocenters. The minimum atomic E-state index is -1.30. The van der Waals surface area contributed by atoms with Gasteiger partial charge in [-0.15, -0.1) is 0 Å². The molecule has 1 fully saturated rings. The maximum Gasteiger partial charge on any atom is 0.338 e. The van der Waals surface area contributed by atoms with Crippen molar-refractivity contribution < 1.29 is 38.0 Å². The predicted molar refractivity (Wildman–Crippen MR) is 134 cm³/mol. The minimum absolute atomic E-state index is 0.0400. The highest BCUT2D eigenvalue weighted by atomic mass is 19.1. The first kappa shape index (κ1) is 26.7. The van der Waals surface area contributed by atoms with Gasteiger partial charge in [0.1, 0.15) is 18.0 Å². The van der Waals surface area contributed by atoms with E-state index in [-0.39, 0.29) is 25.1 Å². The summed E-state index contributed by atoms with van der Waals surface area (Å²) in [6, 6.07) is 13.5. The van der Waals surface area contributed by atoms with Gasteiger partial charge in [-0.2, -0.15) is 0 Å². The van der Waals surface area contributed by atoms with Crippen LogP contribution in [0.25, 0.3) is 5.57 Å². The molecular weight excluding hydrogens is 479 g/mol. The van der Waals surface area contributed by atoms with Crippen molar-refractivity contribution in [3.63, 3.8) is 0 Å². The van der Waals surface area contributed by atoms with Crippen LogP contribution in [0, 0.1) is 12.7 Å². The van der Waals surface area contributed by atoms with Gasteiger partial charge >= 0.3 is 11.9 Å². The number of methoxy groups -OCH3 is 2. The van der Waals surface area contributed by atoms with Gasteiger partial charge in [0, 0.05) is 39.1 Å². The van der Waals surface area contributed by atoms with Crippen LogP contribution < -0.4 is 0 Å². The number of aryl methyl sites for hydroxylation is 1. The van der Waals surface area contributed by atoms with Crippen molar-refractivity contribution in [3.8, 4) is 0 Å². The summed E-state index contributed by atoms with van der Waals surface area (Å²) in [5.41, 5.74) is 2.98. The van der Waals surface area contributed by atoms with Gasteiger partial charge in [-0.05, 0) is 54.0 Å². The number of esters is 2. The monoisotopic (exact) mass is 510 g/mol. The lowest BCUT2D eigenvalue weighted by Gasteiger charge is -2.41. The highest BCUT2D eigenvalue weighted by Gasteiger charge is 2.44. The maximum atomic E-state index is 14.1. The van der Waals surface area contributed by atoms with Crippen LogP contribution in [0.1, 0.15) is 47.2 Å². The number of hydrogen-bond acceptors (Lipinski definition) is 7. The molecule has 2 aromatic carbocycles. The fourth-order valence-electron chi connectivity index (χ4n) is 4.86. The van der Waals surface area contributed by atoms with Gasteiger partial charge in [0.2, 0.25) is 0 Å². The highest BCUT2D eigenvalue weighted by Crippen LogP contribution is 2.43. The van der Waals surface area contributed by atoms with Gasteiger partial charge in [-0.3, -0.25) is 4.79 Å². The molecule has 4 rings (SSSR count). The van der Waals surface area contributed by atoms with Crippen LogP contribution in [0.4, 0.5) is 4.39 Å². The van der Waals surface area contributed by atoms with Crippen molar-refractivity contribution in [1.82, 2.24) is 0 Å². The minimum Gasteiger partial charge on any atom is -0.458 e. The molecule has 1 aliphatic heterocycles. The number of rotatable bonds is 7. The van der Waals surface area contributed by atoms with Crippen LogP contribution in [0.3, 0.4) is 0 Å². The van der Waals surface area contributed by atoms with Gasteiger partial charge in [0.05, 0.1) is 18.1 Å². The smallest absolute Gasteiger partial charge is 0.338 e.